The second-order valence-corrected chi connectivity index (χ2v) is 7.29. The highest BCUT2D eigenvalue weighted by Gasteiger charge is 2.12. The molecule has 0 saturated heterocycles. The molecule has 0 unspecified atom stereocenters. The van der Waals surface area contributed by atoms with Gasteiger partial charge in [0.25, 0.3) is 5.91 Å². The molecule has 0 aliphatic rings. The zero-order valence-corrected chi connectivity index (χ0v) is 18.4. The Bertz CT molecular complexity index is 1210. The fourth-order valence-corrected chi connectivity index (χ4v) is 3.93. The molecule has 0 saturated carbocycles. The number of carbonyl (C=O) groups is 2. The third kappa shape index (κ3) is 5.13. The van der Waals surface area contributed by atoms with E-state index in [2.05, 4.69) is 4.99 Å². The van der Waals surface area contributed by atoms with Crippen molar-refractivity contribution in [3.05, 3.63) is 52.8 Å². The van der Waals surface area contributed by atoms with E-state index in [-0.39, 0.29) is 6.54 Å². The minimum atomic E-state index is -0.466. The van der Waals surface area contributed by atoms with Crippen molar-refractivity contribution in [2.45, 2.75) is 6.54 Å². The molecule has 2 aromatic carbocycles. The van der Waals surface area contributed by atoms with Crippen LogP contribution in [0.3, 0.4) is 0 Å². The van der Waals surface area contributed by atoms with Crippen LogP contribution in [-0.2, 0) is 20.9 Å². The van der Waals surface area contributed by atoms with Crippen molar-refractivity contribution >= 4 is 39.5 Å². The molecule has 31 heavy (non-hydrogen) atoms. The second-order valence-electron chi connectivity index (χ2n) is 6.28. The van der Waals surface area contributed by atoms with Crippen LogP contribution in [0.15, 0.2) is 47.5 Å². The van der Waals surface area contributed by atoms with Gasteiger partial charge in [-0.25, -0.2) is 0 Å². The van der Waals surface area contributed by atoms with Crippen molar-refractivity contribution < 1.29 is 28.5 Å². The maximum absolute atomic E-state index is 12.5. The molecule has 0 N–H and O–H groups in total. The van der Waals surface area contributed by atoms with E-state index in [1.807, 2.05) is 12.1 Å². The Morgan fingerprint density at radius 1 is 1.00 bits per heavy atom. The molecular weight excluding hydrogens is 420 g/mol. The summed E-state index contributed by atoms with van der Waals surface area (Å²) in [6.07, 6.45) is 2.99. The number of carbonyl (C=O) groups excluding carboxylic acids is 2. The molecule has 1 aromatic heterocycles. The number of rotatable bonds is 7. The molecule has 9 heteroatoms. The molecule has 0 aliphatic heterocycles. The SMILES string of the molecule is COC(=O)Cn1c(=NC(=O)C=Cc2ccc(OC)c(OC)c2)sc2cc(OC)ccc21. The monoisotopic (exact) mass is 442 g/mol. The van der Waals surface area contributed by atoms with Gasteiger partial charge in [0.15, 0.2) is 16.3 Å². The summed E-state index contributed by atoms with van der Waals surface area (Å²) in [7, 11) is 5.99. The standard InChI is InChI=1S/C22H22N2O6S/c1-27-15-7-8-16-19(12-15)31-22(24(16)13-21(26)30-4)23-20(25)10-6-14-5-9-17(28-2)18(11-14)29-3/h5-12H,13H2,1-4H3. The molecule has 3 aromatic rings. The molecule has 0 bridgehead atoms. The molecule has 162 valence electrons. The van der Waals surface area contributed by atoms with Crippen molar-refractivity contribution in [1.82, 2.24) is 4.57 Å². The predicted octanol–water partition coefficient (Wildman–Crippen LogP) is 3.04. The van der Waals surface area contributed by atoms with Crippen molar-refractivity contribution in [3.8, 4) is 17.2 Å². The molecular formula is C22H22N2O6S. The van der Waals surface area contributed by atoms with Crippen molar-refractivity contribution in [2.24, 2.45) is 4.99 Å². The van der Waals surface area contributed by atoms with Gasteiger partial charge in [-0.2, -0.15) is 4.99 Å². The minimum absolute atomic E-state index is 0.0612. The van der Waals surface area contributed by atoms with Crippen LogP contribution in [0.1, 0.15) is 5.56 Å². The summed E-state index contributed by atoms with van der Waals surface area (Å²) in [5.74, 6) is 0.922. The highest BCUT2D eigenvalue weighted by atomic mass is 32.1. The number of aromatic nitrogens is 1. The van der Waals surface area contributed by atoms with E-state index < -0.39 is 11.9 Å². The van der Waals surface area contributed by atoms with E-state index in [4.69, 9.17) is 18.9 Å². The summed E-state index contributed by atoms with van der Waals surface area (Å²) in [5.41, 5.74) is 1.51. The molecule has 0 aliphatic carbocycles. The van der Waals surface area contributed by atoms with Gasteiger partial charge in [-0.15, -0.1) is 0 Å². The molecule has 8 nitrogen and oxygen atoms in total. The van der Waals surface area contributed by atoms with Crippen molar-refractivity contribution in [2.75, 3.05) is 28.4 Å². The fourth-order valence-electron chi connectivity index (χ4n) is 2.87. The van der Waals surface area contributed by atoms with E-state index in [1.54, 1.807) is 56.2 Å². The van der Waals surface area contributed by atoms with Crippen LogP contribution in [0, 0.1) is 0 Å². The zero-order chi connectivity index (χ0) is 22.4. The maximum Gasteiger partial charge on any atom is 0.325 e. The summed E-state index contributed by atoms with van der Waals surface area (Å²) < 4.78 is 23.0. The molecule has 0 radical (unpaired) electrons. The summed E-state index contributed by atoms with van der Waals surface area (Å²) in [5, 5.41) is 0. The normalized spacial score (nSPS) is 11.7. The molecule has 0 atom stereocenters. The largest absolute Gasteiger partial charge is 0.497 e. The second kappa shape index (κ2) is 9.94. The maximum atomic E-state index is 12.5. The number of thiazole rings is 1. The number of hydrogen-bond donors (Lipinski definition) is 0. The lowest BCUT2D eigenvalue weighted by Gasteiger charge is -2.07. The van der Waals surface area contributed by atoms with Crippen LogP contribution >= 0.6 is 11.3 Å². The molecule has 0 spiro atoms. The van der Waals surface area contributed by atoms with Crippen LogP contribution in [0.5, 0.6) is 17.2 Å². The minimum Gasteiger partial charge on any atom is -0.497 e. The lowest BCUT2D eigenvalue weighted by molar-refractivity contribution is -0.141. The average molecular weight is 442 g/mol. The van der Waals surface area contributed by atoms with Gasteiger partial charge in [0.05, 0.1) is 38.7 Å². The highest BCUT2D eigenvalue weighted by Crippen LogP contribution is 2.28. The van der Waals surface area contributed by atoms with E-state index in [9.17, 15) is 9.59 Å². The van der Waals surface area contributed by atoms with Crippen LogP contribution in [0.4, 0.5) is 0 Å². The number of nitrogens with zero attached hydrogens (tertiary/aromatic N) is 2. The Morgan fingerprint density at radius 3 is 2.45 bits per heavy atom. The predicted molar refractivity (Wildman–Crippen MR) is 118 cm³/mol. The van der Waals surface area contributed by atoms with Gasteiger partial charge < -0.3 is 23.5 Å². The summed E-state index contributed by atoms with van der Waals surface area (Å²) >= 11 is 1.28. The van der Waals surface area contributed by atoms with Crippen LogP contribution in [0.25, 0.3) is 16.3 Å². The molecule has 1 heterocycles. The Morgan fingerprint density at radius 2 is 1.77 bits per heavy atom. The third-order valence-electron chi connectivity index (χ3n) is 4.44. The van der Waals surface area contributed by atoms with Crippen molar-refractivity contribution in [3.63, 3.8) is 0 Å². The number of amides is 1. The van der Waals surface area contributed by atoms with Crippen LogP contribution in [-0.4, -0.2) is 44.9 Å². The Hall–Kier alpha value is -3.59. The van der Waals surface area contributed by atoms with Gasteiger partial charge in [0.2, 0.25) is 0 Å². The quantitative estimate of drug-likeness (QED) is 0.413. The van der Waals surface area contributed by atoms with Crippen molar-refractivity contribution in [1.29, 1.82) is 0 Å². The van der Waals surface area contributed by atoms with Gasteiger partial charge in [0.1, 0.15) is 12.3 Å². The first kappa shape index (κ1) is 22.1. The van der Waals surface area contributed by atoms with Gasteiger partial charge in [-0.05, 0) is 42.0 Å². The highest BCUT2D eigenvalue weighted by molar-refractivity contribution is 7.16. The van der Waals surface area contributed by atoms with E-state index >= 15 is 0 Å². The zero-order valence-electron chi connectivity index (χ0n) is 17.6. The summed E-state index contributed by atoms with van der Waals surface area (Å²) in [6, 6.07) is 10.7. The first-order chi connectivity index (χ1) is 15.0. The first-order valence-corrected chi connectivity index (χ1v) is 10.0. The average Bonchev–Trinajstić information content (AvgIpc) is 3.12. The Balaban J connectivity index is 1.96. The first-order valence-electron chi connectivity index (χ1n) is 9.22. The van der Waals surface area contributed by atoms with Gasteiger partial charge in [0, 0.05) is 6.08 Å². The topological polar surface area (TPSA) is 88.4 Å². The van der Waals surface area contributed by atoms with E-state index in [1.165, 1.54) is 24.5 Å². The number of fused-ring (bicyclic) bond motifs is 1. The van der Waals surface area contributed by atoms with Crippen LogP contribution in [0.2, 0.25) is 0 Å². The lowest BCUT2D eigenvalue weighted by Crippen LogP contribution is -2.22. The lowest BCUT2D eigenvalue weighted by atomic mass is 10.2. The Labute approximate surface area is 183 Å². The van der Waals surface area contributed by atoms with E-state index in [0.717, 1.165) is 15.8 Å². The van der Waals surface area contributed by atoms with Gasteiger partial charge in [-0.1, -0.05) is 17.4 Å². The Kier molecular flexibility index (Phi) is 7.09. The van der Waals surface area contributed by atoms with Gasteiger partial charge >= 0.3 is 5.97 Å². The van der Waals surface area contributed by atoms with Crippen LogP contribution < -0.4 is 19.0 Å². The number of methoxy groups -OCH3 is 4. The van der Waals surface area contributed by atoms with E-state index in [0.29, 0.717) is 22.0 Å². The summed E-state index contributed by atoms with van der Waals surface area (Å²) in [4.78, 5) is 29.0. The smallest absolute Gasteiger partial charge is 0.325 e. The fraction of sp³-hybridized carbons (Fsp3) is 0.227. The number of ether oxygens (including phenoxy) is 4. The molecule has 0 fully saturated rings. The summed E-state index contributed by atoms with van der Waals surface area (Å²) in [6.45, 7) is -0.0612. The molecule has 1 amide bonds. The molecule has 3 rings (SSSR count). The number of hydrogen-bond acceptors (Lipinski definition) is 7. The number of esters is 1. The van der Waals surface area contributed by atoms with Gasteiger partial charge in [-0.3, -0.25) is 9.59 Å². The number of benzene rings is 2. The third-order valence-corrected chi connectivity index (χ3v) is 5.48.